The van der Waals surface area contributed by atoms with Crippen LogP contribution in [-0.2, 0) is 0 Å². The van der Waals surface area contributed by atoms with Crippen LogP contribution in [0.2, 0.25) is 0 Å². The van der Waals surface area contributed by atoms with E-state index in [1.807, 2.05) is 0 Å². The van der Waals surface area contributed by atoms with Crippen LogP contribution in [-0.4, -0.2) is 12.9 Å². The van der Waals surface area contributed by atoms with Gasteiger partial charge in [-0.3, -0.25) is 4.79 Å². The molecular formula is C10H11FO2. The van der Waals surface area contributed by atoms with Gasteiger partial charge in [0.25, 0.3) is 0 Å². The van der Waals surface area contributed by atoms with Crippen molar-refractivity contribution in [2.75, 3.05) is 7.11 Å². The number of ether oxygens (including phenoxy) is 1. The minimum Gasteiger partial charge on any atom is -0.496 e. The molecule has 0 spiro atoms. The summed E-state index contributed by atoms with van der Waals surface area (Å²) < 4.78 is 18.0. The summed E-state index contributed by atoms with van der Waals surface area (Å²) in [5.41, 5.74) is 0.789. The highest BCUT2D eigenvalue weighted by molar-refractivity contribution is 5.97. The molecule has 0 aliphatic rings. The molecule has 13 heavy (non-hydrogen) atoms. The van der Waals surface area contributed by atoms with Crippen LogP contribution in [0.25, 0.3) is 0 Å². The number of benzene rings is 1. The van der Waals surface area contributed by atoms with Gasteiger partial charge < -0.3 is 4.74 Å². The van der Waals surface area contributed by atoms with Crippen molar-refractivity contribution in [2.45, 2.75) is 13.8 Å². The molecule has 0 bridgehead atoms. The highest BCUT2D eigenvalue weighted by Crippen LogP contribution is 2.25. The minimum absolute atomic E-state index is 0.125. The molecule has 0 radical (unpaired) electrons. The Morgan fingerprint density at radius 2 is 2.08 bits per heavy atom. The van der Waals surface area contributed by atoms with Crippen LogP contribution in [0.1, 0.15) is 22.8 Å². The molecule has 0 fully saturated rings. The van der Waals surface area contributed by atoms with Gasteiger partial charge in [0.2, 0.25) is 0 Å². The largest absolute Gasteiger partial charge is 0.496 e. The molecule has 1 aromatic rings. The first-order valence-electron chi connectivity index (χ1n) is 3.92. The molecule has 0 saturated carbocycles. The van der Waals surface area contributed by atoms with Gasteiger partial charge in [-0.2, -0.15) is 0 Å². The number of hydrogen-bond acceptors (Lipinski definition) is 2. The highest BCUT2D eigenvalue weighted by Gasteiger charge is 2.12. The van der Waals surface area contributed by atoms with E-state index in [1.165, 1.54) is 26.2 Å². The molecule has 0 aliphatic carbocycles. The van der Waals surface area contributed by atoms with Gasteiger partial charge in [0, 0.05) is 5.56 Å². The topological polar surface area (TPSA) is 26.3 Å². The monoisotopic (exact) mass is 182 g/mol. The maximum Gasteiger partial charge on any atom is 0.163 e. The Labute approximate surface area is 76.3 Å². The number of ketones is 1. The van der Waals surface area contributed by atoms with Crippen LogP contribution in [0.3, 0.4) is 0 Å². The Hall–Kier alpha value is -1.38. The van der Waals surface area contributed by atoms with E-state index in [0.29, 0.717) is 16.9 Å². The van der Waals surface area contributed by atoms with Crippen LogP contribution in [0.15, 0.2) is 12.1 Å². The minimum atomic E-state index is -0.359. The molecular weight excluding hydrogens is 171 g/mol. The molecule has 0 unspecified atom stereocenters. The third kappa shape index (κ3) is 1.69. The number of rotatable bonds is 2. The fourth-order valence-corrected chi connectivity index (χ4v) is 1.21. The van der Waals surface area contributed by atoms with Crippen molar-refractivity contribution in [3.05, 3.63) is 29.1 Å². The molecule has 0 N–H and O–H groups in total. The van der Waals surface area contributed by atoms with Gasteiger partial charge in [-0.1, -0.05) is 0 Å². The second-order valence-electron chi connectivity index (χ2n) is 2.81. The van der Waals surface area contributed by atoms with Gasteiger partial charge in [0.15, 0.2) is 5.78 Å². The van der Waals surface area contributed by atoms with E-state index < -0.39 is 0 Å². The van der Waals surface area contributed by atoms with E-state index in [9.17, 15) is 9.18 Å². The Morgan fingerprint density at radius 3 is 2.54 bits per heavy atom. The summed E-state index contributed by atoms with van der Waals surface area (Å²) in [4.78, 5) is 11.1. The quantitative estimate of drug-likeness (QED) is 0.656. The molecule has 2 nitrogen and oxygen atoms in total. The third-order valence-corrected chi connectivity index (χ3v) is 1.92. The Balaban J connectivity index is 3.38. The Bertz CT molecular complexity index is 345. The van der Waals surface area contributed by atoms with Gasteiger partial charge in [-0.05, 0) is 26.0 Å². The lowest BCUT2D eigenvalue weighted by Gasteiger charge is -2.09. The summed E-state index contributed by atoms with van der Waals surface area (Å²) in [6.07, 6.45) is 0. The summed E-state index contributed by atoms with van der Waals surface area (Å²) in [5, 5.41) is 0. The van der Waals surface area contributed by atoms with E-state index in [4.69, 9.17) is 4.74 Å². The Morgan fingerprint density at radius 1 is 1.46 bits per heavy atom. The summed E-state index contributed by atoms with van der Waals surface area (Å²) in [7, 11) is 1.42. The van der Waals surface area contributed by atoms with Gasteiger partial charge in [-0.25, -0.2) is 4.39 Å². The van der Waals surface area contributed by atoms with Crippen molar-refractivity contribution in [2.24, 2.45) is 0 Å². The van der Waals surface area contributed by atoms with Crippen LogP contribution >= 0.6 is 0 Å². The fraction of sp³-hybridized carbons (Fsp3) is 0.300. The van der Waals surface area contributed by atoms with Crippen LogP contribution in [0.4, 0.5) is 4.39 Å². The maximum atomic E-state index is 13.0. The number of carbonyl (C=O) groups excluding carboxylic acids is 1. The molecule has 3 heteroatoms. The molecule has 0 aliphatic heterocycles. The SMILES string of the molecule is COc1c(C(C)=O)ccc(F)c1C. The number of carbonyl (C=O) groups is 1. The van der Waals surface area contributed by atoms with Crippen molar-refractivity contribution >= 4 is 5.78 Å². The van der Waals surface area contributed by atoms with Crippen LogP contribution in [0.5, 0.6) is 5.75 Å². The van der Waals surface area contributed by atoms with Crippen molar-refractivity contribution in [3.8, 4) is 5.75 Å². The van der Waals surface area contributed by atoms with Crippen molar-refractivity contribution in [1.82, 2.24) is 0 Å². The van der Waals surface area contributed by atoms with Crippen LogP contribution in [0, 0.1) is 12.7 Å². The average Bonchev–Trinajstić information content (AvgIpc) is 2.09. The molecule has 0 atom stereocenters. The summed E-state index contributed by atoms with van der Waals surface area (Å²) >= 11 is 0. The summed E-state index contributed by atoms with van der Waals surface area (Å²) in [6, 6.07) is 2.71. The first kappa shape index (κ1) is 9.71. The van der Waals surface area contributed by atoms with Gasteiger partial charge in [0.05, 0.1) is 12.7 Å². The molecule has 1 rings (SSSR count). The first-order chi connectivity index (χ1) is 6.07. The number of Topliss-reactive ketones (excluding diaryl/α,β-unsaturated/α-hetero) is 1. The molecule has 0 heterocycles. The van der Waals surface area contributed by atoms with Crippen molar-refractivity contribution in [3.63, 3.8) is 0 Å². The van der Waals surface area contributed by atoms with Gasteiger partial charge in [-0.15, -0.1) is 0 Å². The molecule has 70 valence electrons. The van der Waals surface area contributed by atoms with Crippen molar-refractivity contribution in [1.29, 1.82) is 0 Å². The van der Waals surface area contributed by atoms with Gasteiger partial charge in [0.1, 0.15) is 11.6 Å². The molecule has 1 aromatic carbocycles. The first-order valence-corrected chi connectivity index (χ1v) is 3.92. The molecule has 0 amide bonds. The second-order valence-corrected chi connectivity index (χ2v) is 2.81. The third-order valence-electron chi connectivity index (χ3n) is 1.92. The number of hydrogen-bond donors (Lipinski definition) is 0. The molecule has 0 saturated heterocycles. The van der Waals surface area contributed by atoms with E-state index in [2.05, 4.69) is 0 Å². The molecule has 0 aromatic heterocycles. The lowest BCUT2D eigenvalue weighted by atomic mass is 10.1. The van der Waals surface area contributed by atoms with E-state index in [1.54, 1.807) is 6.92 Å². The lowest BCUT2D eigenvalue weighted by Crippen LogP contribution is -2.00. The normalized spacial score (nSPS) is 9.85. The summed E-state index contributed by atoms with van der Waals surface area (Å²) in [6.45, 7) is 3.01. The van der Waals surface area contributed by atoms with Crippen molar-refractivity contribution < 1.29 is 13.9 Å². The number of methoxy groups -OCH3 is 1. The smallest absolute Gasteiger partial charge is 0.163 e. The predicted octanol–water partition coefficient (Wildman–Crippen LogP) is 2.35. The predicted molar refractivity (Wildman–Crippen MR) is 47.7 cm³/mol. The average molecular weight is 182 g/mol. The number of halogens is 1. The van der Waals surface area contributed by atoms with Crippen LogP contribution < -0.4 is 4.74 Å². The lowest BCUT2D eigenvalue weighted by molar-refractivity contribution is 0.101. The zero-order valence-corrected chi connectivity index (χ0v) is 7.85. The highest BCUT2D eigenvalue weighted by atomic mass is 19.1. The zero-order chi connectivity index (χ0) is 10.0. The standard InChI is InChI=1S/C10H11FO2/c1-6-9(11)5-4-8(7(2)12)10(6)13-3/h4-5H,1-3H3. The van der Waals surface area contributed by atoms with E-state index >= 15 is 0 Å². The fourth-order valence-electron chi connectivity index (χ4n) is 1.21. The second kappa shape index (κ2) is 3.56. The zero-order valence-electron chi connectivity index (χ0n) is 7.85. The van der Waals surface area contributed by atoms with E-state index in [0.717, 1.165) is 0 Å². The summed E-state index contributed by atoms with van der Waals surface area (Å²) in [5.74, 6) is -0.158. The van der Waals surface area contributed by atoms with E-state index in [-0.39, 0.29) is 11.6 Å². The maximum absolute atomic E-state index is 13.0. The van der Waals surface area contributed by atoms with Gasteiger partial charge >= 0.3 is 0 Å². The Kier molecular flexibility index (Phi) is 2.66.